The number of amides is 3. The Kier molecular flexibility index (Phi) is 3.94. The molecule has 15 heavy (non-hydrogen) atoms. The van der Waals surface area contributed by atoms with Crippen LogP contribution in [0.2, 0.25) is 0 Å². The quantitative estimate of drug-likeness (QED) is 0.615. The maximum atomic E-state index is 11.7. The zero-order valence-electron chi connectivity index (χ0n) is 9.25. The number of primary amides is 1. The van der Waals surface area contributed by atoms with E-state index in [1.54, 1.807) is 0 Å². The Balaban J connectivity index is 2.52. The average Bonchev–Trinajstić information content (AvgIpc) is 2.96. The van der Waals surface area contributed by atoms with Gasteiger partial charge in [-0.25, -0.2) is 4.79 Å². The molecule has 0 heterocycles. The lowest BCUT2D eigenvalue weighted by Crippen LogP contribution is -2.52. The van der Waals surface area contributed by atoms with Crippen molar-refractivity contribution in [2.75, 3.05) is 0 Å². The molecule has 5 nitrogen and oxygen atoms in total. The third-order valence-electron chi connectivity index (χ3n) is 2.72. The zero-order chi connectivity index (χ0) is 11.4. The number of nitrogens with two attached hydrogens (primary N) is 1. The highest BCUT2D eigenvalue weighted by molar-refractivity contribution is 5.87. The number of hydrogen-bond acceptors (Lipinski definition) is 2. The lowest BCUT2D eigenvalue weighted by molar-refractivity contribution is -0.124. The Bertz CT molecular complexity index is 251. The molecule has 0 aromatic heterocycles. The molecule has 5 heteroatoms. The molecule has 1 rings (SSSR count). The van der Waals surface area contributed by atoms with Gasteiger partial charge >= 0.3 is 6.03 Å². The van der Waals surface area contributed by atoms with E-state index in [-0.39, 0.29) is 11.8 Å². The number of rotatable bonds is 5. The first-order chi connectivity index (χ1) is 7.04. The van der Waals surface area contributed by atoms with Gasteiger partial charge in [-0.15, -0.1) is 0 Å². The molecule has 4 N–H and O–H groups in total. The molecule has 0 aromatic carbocycles. The van der Waals surface area contributed by atoms with E-state index in [2.05, 4.69) is 10.6 Å². The Hall–Kier alpha value is -1.26. The van der Waals surface area contributed by atoms with Gasteiger partial charge in [-0.2, -0.15) is 0 Å². The fraction of sp³-hybridized carbons (Fsp3) is 0.800. The van der Waals surface area contributed by atoms with Crippen molar-refractivity contribution in [2.45, 2.75) is 45.2 Å². The molecular formula is C10H19N3O2. The van der Waals surface area contributed by atoms with E-state index >= 15 is 0 Å². The summed E-state index contributed by atoms with van der Waals surface area (Å²) in [5.41, 5.74) is 5.04. The molecule has 0 aliphatic heterocycles. The van der Waals surface area contributed by atoms with Crippen LogP contribution in [0, 0.1) is 5.92 Å². The summed E-state index contributed by atoms with van der Waals surface area (Å²) < 4.78 is 0. The van der Waals surface area contributed by atoms with Gasteiger partial charge in [0.1, 0.15) is 6.04 Å². The van der Waals surface area contributed by atoms with Crippen molar-refractivity contribution in [1.82, 2.24) is 10.6 Å². The lowest BCUT2D eigenvalue weighted by Gasteiger charge is -2.22. The highest BCUT2D eigenvalue weighted by atomic mass is 16.2. The molecule has 1 fully saturated rings. The van der Waals surface area contributed by atoms with Gasteiger partial charge < -0.3 is 16.4 Å². The van der Waals surface area contributed by atoms with Gasteiger partial charge in [-0.3, -0.25) is 4.79 Å². The molecule has 2 unspecified atom stereocenters. The van der Waals surface area contributed by atoms with Gasteiger partial charge in [-0.1, -0.05) is 20.3 Å². The summed E-state index contributed by atoms with van der Waals surface area (Å²) in [6.45, 7) is 3.90. The summed E-state index contributed by atoms with van der Waals surface area (Å²) in [5, 5.41) is 5.36. The average molecular weight is 213 g/mol. The number of nitrogens with one attached hydrogen (secondary N) is 2. The van der Waals surface area contributed by atoms with Crippen molar-refractivity contribution in [3.63, 3.8) is 0 Å². The minimum atomic E-state index is -0.647. The summed E-state index contributed by atoms with van der Waals surface area (Å²) in [7, 11) is 0. The fourth-order valence-electron chi connectivity index (χ4n) is 1.37. The highest BCUT2D eigenvalue weighted by Crippen LogP contribution is 2.19. The largest absolute Gasteiger partial charge is 0.352 e. The summed E-state index contributed by atoms with van der Waals surface area (Å²) in [5.74, 6) is -0.0260. The molecule has 0 radical (unpaired) electrons. The Morgan fingerprint density at radius 2 is 2.07 bits per heavy atom. The molecule has 0 spiro atoms. The lowest BCUT2D eigenvalue weighted by atomic mass is 9.98. The highest BCUT2D eigenvalue weighted by Gasteiger charge is 2.30. The molecule has 86 valence electrons. The molecule has 1 saturated carbocycles. The van der Waals surface area contributed by atoms with Crippen LogP contribution in [-0.2, 0) is 4.79 Å². The van der Waals surface area contributed by atoms with Crippen molar-refractivity contribution in [2.24, 2.45) is 11.7 Å². The SMILES string of the molecule is CCC(C)C(NC(N)=O)C(=O)NC1CC1. The Labute approximate surface area is 89.8 Å². The standard InChI is InChI=1S/C10H19N3O2/c1-3-6(2)8(13-10(11)15)9(14)12-7-4-5-7/h6-8H,3-5H2,1-2H3,(H,12,14)(H3,11,13,15). The van der Waals surface area contributed by atoms with Crippen molar-refractivity contribution in [3.8, 4) is 0 Å². The van der Waals surface area contributed by atoms with Crippen LogP contribution in [0.25, 0.3) is 0 Å². The Morgan fingerprint density at radius 1 is 1.47 bits per heavy atom. The number of urea groups is 1. The van der Waals surface area contributed by atoms with E-state index in [1.165, 1.54) is 0 Å². The molecule has 0 aromatic rings. The second kappa shape index (κ2) is 5.00. The smallest absolute Gasteiger partial charge is 0.312 e. The second-order valence-electron chi connectivity index (χ2n) is 4.15. The molecule has 2 atom stereocenters. The number of carbonyl (C=O) groups excluding carboxylic acids is 2. The van der Waals surface area contributed by atoms with Crippen molar-refractivity contribution >= 4 is 11.9 Å². The first kappa shape index (κ1) is 11.8. The predicted octanol–water partition coefficient (Wildman–Crippen LogP) is 0.348. The third-order valence-corrected chi connectivity index (χ3v) is 2.72. The van der Waals surface area contributed by atoms with E-state index in [0.29, 0.717) is 6.04 Å². The summed E-state index contributed by atoms with van der Waals surface area (Å²) in [4.78, 5) is 22.5. The summed E-state index contributed by atoms with van der Waals surface area (Å²) >= 11 is 0. The monoisotopic (exact) mass is 213 g/mol. The van der Waals surface area contributed by atoms with Gasteiger partial charge in [0.25, 0.3) is 0 Å². The van der Waals surface area contributed by atoms with Crippen LogP contribution in [0.5, 0.6) is 0 Å². The van der Waals surface area contributed by atoms with Gasteiger partial charge in [0.2, 0.25) is 5.91 Å². The molecular weight excluding hydrogens is 194 g/mol. The van der Waals surface area contributed by atoms with Gasteiger partial charge in [-0.05, 0) is 18.8 Å². The molecule has 0 saturated heterocycles. The first-order valence-corrected chi connectivity index (χ1v) is 5.41. The summed E-state index contributed by atoms with van der Waals surface area (Å²) in [6, 6.07) is -0.849. The van der Waals surface area contributed by atoms with E-state index in [0.717, 1.165) is 19.3 Å². The topological polar surface area (TPSA) is 84.2 Å². The predicted molar refractivity (Wildman–Crippen MR) is 57.1 cm³/mol. The van der Waals surface area contributed by atoms with Crippen LogP contribution in [0.1, 0.15) is 33.1 Å². The summed E-state index contributed by atoms with van der Waals surface area (Å²) in [6.07, 6.45) is 2.90. The van der Waals surface area contributed by atoms with Crippen molar-refractivity contribution < 1.29 is 9.59 Å². The van der Waals surface area contributed by atoms with Gasteiger partial charge in [0.15, 0.2) is 0 Å². The minimum Gasteiger partial charge on any atom is -0.352 e. The van der Waals surface area contributed by atoms with Crippen LogP contribution in [0.15, 0.2) is 0 Å². The van der Waals surface area contributed by atoms with Crippen molar-refractivity contribution in [1.29, 1.82) is 0 Å². The molecule has 1 aliphatic rings. The minimum absolute atomic E-state index is 0.0937. The van der Waals surface area contributed by atoms with E-state index in [1.807, 2.05) is 13.8 Å². The van der Waals surface area contributed by atoms with Crippen LogP contribution in [-0.4, -0.2) is 24.0 Å². The third kappa shape index (κ3) is 3.77. The van der Waals surface area contributed by atoms with E-state index in [4.69, 9.17) is 5.73 Å². The first-order valence-electron chi connectivity index (χ1n) is 5.41. The number of carbonyl (C=O) groups is 2. The maximum absolute atomic E-state index is 11.7. The van der Waals surface area contributed by atoms with Gasteiger partial charge in [0, 0.05) is 6.04 Å². The molecule has 1 aliphatic carbocycles. The molecule has 0 bridgehead atoms. The normalized spacial score (nSPS) is 19.1. The van der Waals surface area contributed by atoms with Crippen LogP contribution in [0.3, 0.4) is 0 Å². The molecule has 3 amide bonds. The van der Waals surface area contributed by atoms with E-state index in [9.17, 15) is 9.59 Å². The van der Waals surface area contributed by atoms with Crippen LogP contribution < -0.4 is 16.4 Å². The van der Waals surface area contributed by atoms with Crippen LogP contribution in [0.4, 0.5) is 4.79 Å². The van der Waals surface area contributed by atoms with Gasteiger partial charge in [0.05, 0.1) is 0 Å². The van der Waals surface area contributed by atoms with Crippen molar-refractivity contribution in [3.05, 3.63) is 0 Å². The second-order valence-corrected chi connectivity index (χ2v) is 4.15. The Morgan fingerprint density at radius 3 is 2.47 bits per heavy atom. The maximum Gasteiger partial charge on any atom is 0.312 e. The van der Waals surface area contributed by atoms with E-state index < -0.39 is 12.1 Å². The fourth-order valence-corrected chi connectivity index (χ4v) is 1.37. The zero-order valence-corrected chi connectivity index (χ0v) is 9.25. The number of hydrogen-bond donors (Lipinski definition) is 3. The van der Waals surface area contributed by atoms with Crippen LogP contribution >= 0.6 is 0 Å².